The van der Waals surface area contributed by atoms with E-state index in [0.717, 1.165) is 11.1 Å². The Kier molecular flexibility index (Phi) is 4.38. The molecule has 0 saturated heterocycles. The molecule has 2 aromatic carbocycles. The van der Waals surface area contributed by atoms with Gasteiger partial charge in [-0.2, -0.15) is 0 Å². The Morgan fingerprint density at radius 3 is 2.20 bits per heavy atom. The molecular weight excluding hydrogens is 314 g/mol. The average Bonchev–Trinajstić information content (AvgIpc) is 2.60. The van der Waals surface area contributed by atoms with Gasteiger partial charge in [-0.05, 0) is 38.0 Å². The van der Waals surface area contributed by atoms with Gasteiger partial charge in [0.15, 0.2) is 0 Å². The summed E-state index contributed by atoms with van der Waals surface area (Å²) < 4.78 is 5.12. The second-order valence-corrected chi connectivity index (χ2v) is 7.29. The molecule has 0 N–H and O–H groups in total. The number of ether oxygens (including phenoxy) is 1. The Hall–Kier alpha value is -2.62. The van der Waals surface area contributed by atoms with Crippen LogP contribution in [0.5, 0.6) is 0 Å². The van der Waals surface area contributed by atoms with Crippen molar-refractivity contribution in [3.63, 3.8) is 0 Å². The summed E-state index contributed by atoms with van der Waals surface area (Å²) in [6.07, 6.45) is 0. The highest BCUT2D eigenvalue weighted by atomic mass is 16.5. The molecule has 1 amide bonds. The van der Waals surface area contributed by atoms with Gasteiger partial charge in [-0.1, -0.05) is 48.5 Å². The van der Waals surface area contributed by atoms with Crippen LogP contribution in [0, 0.1) is 0 Å². The predicted octanol–water partition coefficient (Wildman–Crippen LogP) is 3.94. The van der Waals surface area contributed by atoms with Crippen molar-refractivity contribution in [3.8, 4) is 0 Å². The van der Waals surface area contributed by atoms with Crippen LogP contribution >= 0.6 is 0 Å². The summed E-state index contributed by atoms with van der Waals surface area (Å²) in [5.74, 6) is -0.944. The lowest BCUT2D eigenvalue weighted by atomic mass is 9.77. The Morgan fingerprint density at radius 2 is 1.60 bits per heavy atom. The van der Waals surface area contributed by atoms with Crippen LogP contribution in [0.2, 0.25) is 0 Å². The maximum atomic E-state index is 13.3. The van der Waals surface area contributed by atoms with E-state index in [1.807, 2.05) is 74.2 Å². The smallest absolute Gasteiger partial charge is 0.315 e. The SMILES string of the molecule is COC(=O)[C@H]1c2ccccc2C(=O)N(C(C)(C)C)[C@H]1c1ccccc1. The molecule has 0 aromatic heterocycles. The quantitative estimate of drug-likeness (QED) is 0.780. The van der Waals surface area contributed by atoms with Crippen LogP contribution < -0.4 is 0 Å². The molecule has 0 spiro atoms. The molecule has 1 heterocycles. The minimum absolute atomic E-state index is 0.0582. The first-order valence-electron chi connectivity index (χ1n) is 8.41. The average molecular weight is 337 g/mol. The van der Waals surface area contributed by atoms with Gasteiger partial charge in [-0.25, -0.2) is 0 Å². The number of nitrogens with zero attached hydrogens (tertiary/aromatic N) is 1. The van der Waals surface area contributed by atoms with Gasteiger partial charge in [0, 0.05) is 11.1 Å². The zero-order chi connectivity index (χ0) is 18.2. The van der Waals surface area contributed by atoms with Crippen molar-refractivity contribution in [2.45, 2.75) is 38.3 Å². The van der Waals surface area contributed by atoms with E-state index in [1.165, 1.54) is 7.11 Å². The van der Waals surface area contributed by atoms with E-state index < -0.39 is 17.5 Å². The molecule has 25 heavy (non-hydrogen) atoms. The molecule has 0 fully saturated rings. The molecule has 3 rings (SSSR count). The highest BCUT2D eigenvalue weighted by molar-refractivity contribution is 6.01. The summed E-state index contributed by atoms with van der Waals surface area (Å²) in [5.41, 5.74) is 1.78. The summed E-state index contributed by atoms with van der Waals surface area (Å²) in [4.78, 5) is 27.8. The maximum absolute atomic E-state index is 13.3. The van der Waals surface area contributed by atoms with Gasteiger partial charge in [0.1, 0.15) is 5.92 Å². The minimum atomic E-state index is -0.555. The standard InChI is InChI=1S/C21H23NO3/c1-21(2,3)22-18(14-10-6-5-7-11-14)17(20(24)25-4)15-12-8-9-13-16(15)19(22)23/h5-13,17-18H,1-4H3/t17-,18-/m0/s1. The number of rotatable bonds is 2. The molecule has 0 aliphatic carbocycles. The van der Waals surface area contributed by atoms with Crippen LogP contribution in [-0.2, 0) is 9.53 Å². The molecule has 1 aliphatic rings. The fraction of sp³-hybridized carbons (Fsp3) is 0.333. The maximum Gasteiger partial charge on any atom is 0.315 e. The number of benzene rings is 2. The zero-order valence-corrected chi connectivity index (χ0v) is 15.0. The van der Waals surface area contributed by atoms with Gasteiger partial charge in [0.2, 0.25) is 0 Å². The zero-order valence-electron chi connectivity index (χ0n) is 15.0. The van der Waals surface area contributed by atoms with Gasteiger partial charge >= 0.3 is 5.97 Å². The van der Waals surface area contributed by atoms with Crippen molar-refractivity contribution in [2.24, 2.45) is 0 Å². The summed E-state index contributed by atoms with van der Waals surface area (Å²) in [7, 11) is 1.39. The lowest BCUT2D eigenvalue weighted by molar-refractivity contribution is -0.144. The molecule has 2 aromatic rings. The molecule has 0 unspecified atom stereocenters. The van der Waals surface area contributed by atoms with E-state index in [0.29, 0.717) is 5.56 Å². The lowest BCUT2D eigenvalue weighted by Gasteiger charge is -2.48. The van der Waals surface area contributed by atoms with E-state index in [2.05, 4.69) is 0 Å². The Labute approximate surface area is 148 Å². The number of amides is 1. The third-order valence-electron chi connectivity index (χ3n) is 4.66. The minimum Gasteiger partial charge on any atom is -0.468 e. The highest BCUT2D eigenvalue weighted by Crippen LogP contribution is 2.46. The van der Waals surface area contributed by atoms with Crippen LogP contribution in [-0.4, -0.2) is 29.4 Å². The number of carbonyl (C=O) groups is 2. The largest absolute Gasteiger partial charge is 0.468 e. The van der Waals surface area contributed by atoms with E-state index in [9.17, 15) is 9.59 Å². The van der Waals surface area contributed by atoms with Gasteiger partial charge in [0.05, 0.1) is 13.2 Å². The number of hydrogen-bond acceptors (Lipinski definition) is 3. The first-order chi connectivity index (χ1) is 11.9. The van der Waals surface area contributed by atoms with Gasteiger partial charge in [0.25, 0.3) is 5.91 Å². The third-order valence-corrected chi connectivity index (χ3v) is 4.66. The molecule has 2 atom stereocenters. The van der Waals surface area contributed by atoms with Crippen LogP contribution in [0.25, 0.3) is 0 Å². The van der Waals surface area contributed by atoms with Crippen LogP contribution in [0.15, 0.2) is 54.6 Å². The molecule has 4 nitrogen and oxygen atoms in total. The molecule has 4 heteroatoms. The van der Waals surface area contributed by atoms with Crippen LogP contribution in [0.3, 0.4) is 0 Å². The monoisotopic (exact) mass is 337 g/mol. The van der Waals surface area contributed by atoms with Crippen LogP contribution in [0.4, 0.5) is 0 Å². The molecule has 0 radical (unpaired) electrons. The fourth-order valence-corrected chi connectivity index (χ4v) is 3.63. The molecule has 0 bridgehead atoms. The second-order valence-electron chi connectivity index (χ2n) is 7.29. The van der Waals surface area contributed by atoms with Crippen molar-refractivity contribution < 1.29 is 14.3 Å². The van der Waals surface area contributed by atoms with Crippen molar-refractivity contribution in [1.29, 1.82) is 0 Å². The summed E-state index contributed by atoms with van der Waals surface area (Å²) in [6, 6.07) is 16.6. The number of fused-ring (bicyclic) bond motifs is 1. The molecule has 130 valence electrons. The Morgan fingerprint density at radius 1 is 1.00 bits per heavy atom. The highest BCUT2D eigenvalue weighted by Gasteiger charge is 2.48. The molecule has 0 saturated carbocycles. The van der Waals surface area contributed by atoms with E-state index in [1.54, 1.807) is 6.07 Å². The fourth-order valence-electron chi connectivity index (χ4n) is 3.63. The summed E-state index contributed by atoms with van der Waals surface area (Å²) in [5, 5.41) is 0. The molecular formula is C21H23NO3. The van der Waals surface area contributed by atoms with Crippen molar-refractivity contribution in [2.75, 3.05) is 7.11 Å². The van der Waals surface area contributed by atoms with Crippen molar-refractivity contribution in [1.82, 2.24) is 4.90 Å². The van der Waals surface area contributed by atoms with Gasteiger partial charge in [-0.3, -0.25) is 9.59 Å². The topological polar surface area (TPSA) is 46.6 Å². The van der Waals surface area contributed by atoms with E-state index in [4.69, 9.17) is 4.74 Å². The lowest BCUT2D eigenvalue weighted by Crippen LogP contribution is -2.53. The normalized spacial score (nSPS) is 20.2. The summed E-state index contributed by atoms with van der Waals surface area (Å²) >= 11 is 0. The van der Waals surface area contributed by atoms with Gasteiger partial charge < -0.3 is 9.64 Å². The summed E-state index contributed by atoms with van der Waals surface area (Å²) in [6.45, 7) is 5.97. The number of hydrogen-bond donors (Lipinski definition) is 0. The van der Waals surface area contributed by atoms with Crippen molar-refractivity contribution in [3.05, 3.63) is 71.3 Å². The first kappa shape index (κ1) is 17.2. The van der Waals surface area contributed by atoms with Crippen LogP contribution in [0.1, 0.15) is 54.2 Å². The number of esters is 1. The third kappa shape index (κ3) is 2.93. The second kappa shape index (κ2) is 6.36. The predicted molar refractivity (Wildman–Crippen MR) is 96.3 cm³/mol. The number of carbonyl (C=O) groups excluding carboxylic acids is 2. The van der Waals surface area contributed by atoms with Crippen molar-refractivity contribution >= 4 is 11.9 Å². The van der Waals surface area contributed by atoms with E-state index in [-0.39, 0.29) is 11.9 Å². The van der Waals surface area contributed by atoms with E-state index >= 15 is 0 Å². The molecule has 1 aliphatic heterocycles. The number of methoxy groups -OCH3 is 1. The Balaban J connectivity index is 2.29. The Bertz CT molecular complexity index is 792. The van der Waals surface area contributed by atoms with Gasteiger partial charge in [-0.15, -0.1) is 0 Å². The first-order valence-corrected chi connectivity index (χ1v) is 8.41.